The Kier molecular flexibility index (Phi) is 9.30. The van der Waals surface area contributed by atoms with Crippen LogP contribution in [0.4, 0.5) is 0 Å². The van der Waals surface area contributed by atoms with Crippen molar-refractivity contribution in [2.24, 2.45) is 0 Å². The zero-order chi connectivity index (χ0) is 31.8. The van der Waals surface area contributed by atoms with Crippen LogP contribution < -0.4 is 18.9 Å². The van der Waals surface area contributed by atoms with E-state index < -0.39 is 23.9 Å². The number of benzene rings is 5. The summed E-state index contributed by atoms with van der Waals surface area (Å²) in [5, 5.41) is 0. The summed E-state index contributed by atoms with van der Waals surface area (Å²) in [6.45, 7) is 0. The number of hydrogen-bond acceptors (Lipinski definition) is 9. The Morgan fingerprint density at radius 2 is 0.622 bits per heavy atom. The van der Waals surface area contributed by atoms with Crippen molar-refractivity contribution in [3.05, 3.63) is 144 Å². The molecule has 0 N–H and O–H groups in total. The van der Waals surface area contributed by atoms with Crippen LogP contribution in [0.5, 0.6) is 23.0 Å². The van der Waals surface area contributed by atoms with Crippen molar-refractivity contribution in [1.29, 1.82) is 0 Å². The highest BCUT2D eigenvalue weighted by Gasteiger charge is 2.14. The van der Waals surface area contributed by atoms with Gasteiger partial charge in [-0.05, 0) is 108 Å². The number of methoxy groups -OCH3 is 2. The van der Waals surface area contributed by atoms with Crippen molar-refractivity contribution in [3.8, 4) is 34.1 Å². The quantitative estimate of drug-likeness (QED) is 0.133. The summed E-state index contributed by atoms with van der Waals surface area (Å²) >= 11 is 0. The van der Waals surface area contributed by atoms with Gasteiger partial charge in [-0.3, -0.25) is 0 Å². The molecule has 0 aliphatic rings. The second-order valence-corrected chi connectivity index (χ2v) is 9.54. The molecule has 0 aliphatic carbocycles. The average molecular weight is 603 g/mol. The zero-order valence-corrected chi connectivity index (χ0v) is 24.2. The highest BCUT2D eigenvalue weighted by Crippen LogP contribution is 2.26. The Morgan fingerprint density at radius 3 is 0.933 bits per heavy atom. The normalized spacial score (nSPS) is 10.4. The third-order valence-corrected chi connectivity index (χ3v) is 6.63. The standard InChI is InChI=1S/C36H26O9/c1-41-29-15-11-28(12-16-29)36(40)44-31-19-9-24(10-20-31)23-7-17-30(18-8-23)43-34(38)26-3-5-27(6-4-26)35(39)45-32-21-13-25(14-22-32)33(37)42-2/h3-22H,1-2H3. The first kappa shape index (κ1) is 30.2. The summed E-state index contributed by atoms with van der Waals surface area (Å²) in [4.78, 5) is 49.1. The number of rotatable bonds is 9. The maximum atomic E-state index is 12.7. The third-order valence-electron chi connectivity index (χ3n) is 6.63. The minimum atomic E-state index is -0.625. The summed E-state index contributed by atoms with van der Waals surface area (Å²) in [5.74, 6) is -0.549. The van der Waals surface area contributed by atoms with Crippen LogP contribution in [0.3, 0.4) is 0 Å². The maximum Gasteiger partial charge on any atom is 0.343 e. The lowest BCUT2D eigenvalue weighted by Gasteiger charge is -2.08. The van der Waals surface area contributed by atoms with Crippen LogP contribution in [0.15, 0.2) is 121 Å². The van der Waals surface area contributed by atoms with E-state index in [1.807, 2.05) is 12.1 Å². The van der Waals surface area contributed by atoms with E-state index in [-0.39, 0.29) is 16.9 Å². The molecule has 0 unspecified atom stereocenters. The fraction of sp³-hybridized carbons (Fsp3) is 0.0556. The van der Waals surface area contributed by atoms with Crippen molar-refractivity contribution in [3.63, 3.8) is 0 Å². The van der Waals surface area contributed by atoms with E-state index in [1.54, 1.807) is 67.8 Å². The van der Waals surface area contributed by atoms with E-state index in [9.17, 15) is 19.2 Å². The van der Waals surface area contributed by atoms with E-state index in [4.69, 9.17) is 18.9 Å². The smallest absolute Gasteiger partial charge is 0.343 e. The fourth-order valence-corrected chi connectivity index (χ4v) is 4.18. The van der Waals surface area contributed by atoms with Gasteiger partial charge >= 0.3 is 23.9 Å². The van der Waals surface area contributed by atoms with Gasteiger partial charge in [0.05, 0.1) is 36.5 Å². The van der Waals surface area contributed by atoms with Gasteiger partial charge in [-0.25, -0.2) is 19.2 Å². The lowest BCUT2D eigenvalue weighted by molar-refractivity contribution is 0.0599. The van der Waals surface area contributed by atoms with Gasteiger partial charge in [0, 0.05) is 0 Å². The Balaban J connectivity index is 1.14. The van der Waals surface area contributed by atoms with E-state index in [0.29, 0.717) is 28.4 Å². The first-order chi connectivity index (χ1) is 21.8. The fourth-order valence-electron chi connectivity index (χ4n) is 4.18. The monoisotopic (exact) mass is 602 g/mol. The van der Waals surface area contributed by atoms with Crippen molar-refractivity contribution in [2.45, 2.75) is 0 Å². The Hall–Kier alpha value is -6.22. The molecule has 0 atom stereocenters. The van der Waals surface area contributed by atoms with E-state index in [1.165, 1.54) is 55.6 Å². The van der Waals surface area contributed by atoms with E-state index in [2.05, 4.69) is 4.74 Å². The molecule has 9 heteroatoms. The molecule has 0 radical (unpaired) electrons. The van der Waals surface area contributed by atoms with Crippen molar-refractivity contribution < 1.29 is 42.9 Å². The maximum absolute atomic E-state index is 12.7. The summed E-state index contributed by atoms with van der Waals surface area (Å²) < 4.78 is 26.0. The first-order valence-electron chi connectivity index (χ1n) is 13.6. The van der Waals surface area contributed by atoms with Crippen LogP contribution in [-0.4, -0.2) is 38.1 Å². The lowest BCUT2D eigenvalue weighted by Crippen LogP contribution is -2.11. The van der Waals surface area contributed by atoms with Gasteiger partial charge in [0.25, 0.3) is 0 Å². The minimum Gasteiger partial charge on any atom is -0.497 e. The van der Waals surface area contributed by atoms with Crippen LogP contribution in [0.2, 0.25) is 0 Å². The third kappa shape index (κ3) is 7.60. The molecule has 0 saturated heterocycles. The molecular formula is C36H26O9. The molecule has 224 valence electrons. The SMILES string of the molecule is COC(=O)c1ccc(OC(=O)c2ccc(C(=O)Oc3ccc(-c4ccc(OC(=O)c5ccc(OC)cc5)cc4)cc3)cc2)cc1. The summed E-state index contributed by atoms with van der Waals surface area (Å²) in [6, 6.07) is 32.4. The van der Waals surface area contributed by atoms with Gasteiger partial charge in [0.1, 0.15) is 23.0 Å². The average Bonchev–Trinajstić information content (AvgIpc) is 3.09. The molecule has 5 aromatic carbocycles. The van der Waals surface area contributed by atoms with Gasteiger partial charge < -0.3 is 23.7 Å². The number of carbonyl (C=O) groups excluding carboxylic acids is 4. The highest BCUT2D eigenvalue weighted by molar-refractivity contribution is 5.95. The summed E-state index contributed by atoms with van der Waals surface area (Å²) in [5.41, 5.74) is 2.95. The first-order valence-corrected chi connectivity index (χ1v) is 13.6. The molecule has 0 fully saturated rings. The molecular weight excluding hydrogens is 576 g/mol. The molecule has 0 spiro atoms. The van der Waals surface area contributed by atoms with Crippen LogP contribution in [0.25, 0.3) is 11.1 Å². The van der Waals surface area contributed by atoms with Crippen molar-refractivity contribution >= 4 is 23.9 Å². The minimum absolute atomic E-state index is 0.231. The van der Waals surface area contributed by atoms with Gasteiger partial charge in [0.15, 0.2) is 0 Å². The highest BCUT2D eigenvalue weighted by atomic mass is 16.5. The zero-order valence-electron chi connectivity index (χ0n) is 24.2. The number of esters is 4. The Bertz CT molecular complexity index is 1810. The molecule has 0 bridgehead atoms. The second kappa shape index (κ2) is 13.8. The van der Waals surface area contributed by atoms with Crippen LogP contribution in [0, 0.1) is 0 Å². The molecule has 0 heterocycles. The van der Waals surface area contributed by atoms with Crippen LogP contribution in [0.1, 0.15) is 41.4 Å². The molecule has 45 heavy (non-hydrogen) atoms. The largest absolute Gasteiger partial charge is 0.497 e. The van der Waals surface area contributed by atoms with E-state index >= 15 is 0 Å². The number of hydrogen-bond donors (Lipinski definition) is 0. The molecule has 5 aromatic rings. The Morgan fingerprint density at radius 1 is 0.356 bits per heavy atom. The molecule has 0 saturated carbocycles. The summed E-state index contributed by atoms with van der Waals surface area (Å²) in [6.07, 6.45) is 0. The summed E-state index contributed by atoms with van der Waals surface area (Å²) in [7, 11) is 2.83. The van der Waals surface area contributed by atoms with Crippen molar-refractivity contribution in [2.75, 3.05) is 14.2 Å². The topological polar surface area (TPSA) is 114 Å². The second-order valence-electron chi connectivity index (χ2n) is 9.54. The predicted molar refractivity (Wildman–Crippen MR) is 164 cm³/mol. The number of carbonyl (C=O) groups is 4. The molecule has 0 amide bonds. The van der Waals surface area contributed by atoms with Gasteiger partial charge in [-0.1, -0.05) is 24.3 Å². The van der Waals surface area contributed by atoms with Crippen molar-refractivity contribution in [1.82, 2.24) is 0 Å². The van der Waals surface area contributed by atoms with Crippen LogP contribution >= 0.6 is 0 Å². The Labute approximate surface area is 258 Å². The molecule has 5 rings (SSSR count). The van der Waals surface area contributed by atoms with Gasteiger partial charge in [-0.2, -0.15) is 0 Å². The predicted octanol–water partition coefficient (Wildman–Crippen LogP) is 6.81. The van der Waals surface area contributed by atoms with Gasteiger partial charge in [-0.15, -0.1) is 0 Å². The van der Waals surface area contributed by atoms with Gasteiger partial charge in [0.2, 0.25) is 0 Å². The molecule has 0 aliphatic heterocycles. The molecule has 0 aromatic heterocycles. The van der Waals surface area contributed by atoms with Crippen LogP contribution in [-0.2, 0) is 4.74 Å². The molecule has 9 nitrogen and oxygen atoms in total. The lowest BCUT2D eigenvalue weighted by atomic mass is 10.1. The van der Waals surface area contributed by atoms with E-state index in [0.717, 1.165) is 11.1 Å². The number of ether oxygens (including phenoxy) is 5.